The quantitative estimate of drug-likeness (QED) is 0.719. The maximum Gasteiger partial charge on any atom is 0.205 e. The molecule has 3 aromatic rings. The molecule has 0 atom stereocenters. The van der Waals surface area contributed by atoms with Crippen LogP contribution in [0.15, 0.2) is 12.1 Å². The molecule has 8 heteroatoms. The molecule has 5 rings (SSSR count). The Morgan fingerprint density at radius 1 is 1.00 bits per heavy atom. The van der Waals surface area contributed by atoms with Gasteiger partial charge in [-0.3, -0.25) is 0 Å². The zero-order valence-corrected chi connectivity index (χ0v) is 15.3. The molecule has 130 valence electrons. The van der Waals surface area contributed by atoms with E-state index >= 15 is 0 Å². The van der Waals surface area contributed by atoms with E-state index in [-0.39, 0.29) is 0 Å². The first-order valence-electron chi connectivity index (χ1n) is 8.85. The third kappa shape index (κ3) is 2.64. The lowest BCUT2D eigenvalue weighted by Crippen LogP contribution is -2.47. The third-order valence-corrected chi connectivity index (χ3v) is 5.96. The fourth-order valence-corrected chi connectivity index (χ4v) is 4.10. The van der Waals surface area contributed by atoms with E-state index in [0.29, 0.717) is 5.92 Å². The first-order chi connectivity index (χ1) is 12.2. The van der Waals surface area contributed by atoms with E-state index in [1.165, 1.54) is 12.8 Å². The predicted molar refractivity (Wildman–Crippen MR) is 98.8 cm³/mol. The highest BCUT2D eigenvalue weighted by Crippen LogP contribution is 2.39. The van der Waals surface area contributed by atoms with Crippen molar-refractivity contribution < 1.29 is 0 Å². The van der Waals surface area contributed by atoms with Crippen molar-refractivity contribution in [3.63, 3.8) is 0 Å². The van der Waals surface area contributed by atoms with E-state index in [2.05, 4.69) is 38.2 Å². The second kappa shape index (κ2) is 5.66. The fraction of sp³-hybridized carbons (Fsp3) is 0.529. The molecule has 0 aromatic carbocycles. The Kier molecular flexibility index (Phi) is 3.41. The lowest BCUT2D eigenvalue weighted by atomic mass is 10.3. The summed E-state index contributed by atoms with van der Waals surface area (Å²) in [5.41, 5.74) is 3.06. The molecule has 1 saturated carbocycles. The van der Waals surface area contributed by atoms with Crippen LogP contribution in [0.1, 0.15) is 36.0 Å². The van der Waals surface area contributed by atoms with Crippen molar-refractivity contribution in [2.45, 2.75) is 32.6 Å². The fourth-order valence-electron chi connectivity index (χ4n) is 3.30. The summed E-state index contributed by atoms with van der Waals surface area (Å²) in [6, 6.07) is 4.13. The Hall–Kier alpha value is -2.22. The summed E-state index contributed by atoms with van der Waals surface area (Å²) in [4.78, 5) is 14.0. The summed E-state index contributed by atoms with van der Waals surface area (Å²) >= 11 is 1.55. The van der Waals surface area contributed by atoms with Gasteiger partial charge in [0.25, 0.3) is 0 Å². The van der Waals surface area contributed by atoms with Crippen molar-refractivity contribution in [1.29, 1.82) is 0 Å². The van der Waals surface area contributed by atoms with E-state index in [1.54, 1.807) is 11.5 Å². The monoisotopic (exact) mass is 355 g/mol. The Morgan fingerprint density at radius 2 is 1.76 bits per heavy atom. The summed E-state index contributed by atoms with van der Waals surface area (Å²) in [5, 5.41) is 5.86. The standard InChI is InChI=1S/C17H21N7S/c1-11-12(2)24-14(18-11)5-6-15(20-24)22-7-9-23(10-8-22)17-19-16(21-25-17)13-3-4-13/h5-6,13H,3-4,7-10H2,1-2H3. The molecular formula is C17H21N7S. The van der Waals surface area contributed by atoms with E-state index < -0.39 is 0 Å². The van der Waals surface area contributed by atoms with Crippen molar-refractivity contribution in [2.75, 3.05) is 36.0 Å². The van der Waals surface area contributed by atoms with Crippen LogP contribution in [-0.2, 0) is 0 Å². The van der Waals surface area contributed by atoms with Crippen LogP contribution in [0.4, 0.5) is 10.9 Å². The van der Waals surface area contributed by atoms with Gasteiger partial charge < -0.3 is 9.80 Å². The highest BCUT2D eigenvalue weighted by molar-refractivity contribution is 7.09. The molecule has 3 aromatic heterocycles. The Labute approximate surface area is 150 Å². The normalized spacial score (nSPS) is 18.3. The summed E-state index contributed by atoms with van der Waals surface area (Å²) in [7, 11) is 0. The van der Waals surface area contributed by atoms with Gasteiger partial charge in [-0.25, -0.2) is 14.5 Å². The van der Waals surface area contributed by atoms with Gasteiger partial charge in [0.15, 0.2) is 5.65 Å². The van der Waals surface area contributed by atoms with Gasteiger partial charge in [0, 0.05) is 43.6 Å². The van der Waals surface area contributed by atoms with Crippen LogP contribution >= 0.6 is 11.5 Å². The SMILES string of the molecule is Cc1nc2ccc(N3CCN(c4nc(C5CC5)ns4)CC3)nn2c1C. The number of aromatic nitrogens is 5. The number of hydrogen-bond acceptors (Lipinski definition) is 7. The molecule has 25 heavy (non-hydrogen) atoms. The van der Waals surface area contributed by atoms with E-state index in [9.17, 15) is 0 Å². The lowest BCUT2D eigenvalue weighted by molar-refractivity contribution is 0.639. The van der Waals surface area contributed by atoms with Crippen molar-refractivity contribution in [3.05, 3.63) is 29.3 Å². The second-order valence-corrected chi connectivity index (χ2v) is 7.66. The van der Waals surface area contributed by atoms with Gasteiger partial charge in [-0.1, -0.05) is 0 Å². The van der Waals surface area contributed by atoms with Crippen LogP contribution in [0, 0.1) is 13.8 Å². The zero-order chi connectivity index (χ0) is 17.0. The number of rotatable bonds is 3. The summed E-state index contributed by atoms with van der Waals surface area (Å²) in [6.07, 6.45) is 2.51. The lowest BCUT2D eigenvalue weighted by Gasteiger charge is -2.34. The molecule has 0 spiro atoms. The topological polar surface area (TPSA) is 62.5 Å². The minimum atomic E-state index is 0.629. The zero-order valence-electron chi connectivity index (χ0n) is 14.5. The number of anilines is 2. The molecular weight excluding hydrogens is 334 g/mol. The molecule has 2 fully saturated rings. The van der Waals surface area contributed by atoms with Crippen LogP contribution in [0.2, 0.25) is 0 Å². The summed E-state index contributed by atoms with van der Waals surface area (Å²) in [6.45, 7) is 7.91. The van der Waals surface area contributed by atoms with Gasteiger partial charge in [0.05, 0.1) is 11.4 Å². The van der Waals surface area contributed by atoms with Gasteiger partial charge in [-0.2, -0.15) is 4.37 Å². The number of piperazine rings is 1. The first-order valence-corrected chi connectivity index (χ1v) is 9.63. The van der Waals surface area contributed by atoms with Crippen molar-refractivity contribution in [3.8, 4) is 0 Å². The number of aryl methyl sites for hydroxylation is 2. The van der Waals surface area contributed by atoms with Gasteiger partial charge in [0.1, 0.15) is 11.6 Å². The first kappa shape index (κ1) is 15.1. The van der Waals surface area contributed by atoms with E-state index in [0.717, 1.165) is 60.0 Å². The van der Waals surface area contributed by atoms with Crippen LogP contribution in [0.5, 0.6) is 0 Å². The molecule has 4 heterocycles. The highest BCUT2D eigenvalue weighted by atomic mass is 32.1. The molecule has 0 radical (unpaired) electrons. The molecule has 1 aliphatic heterocycles. The van der Waals surface area contributed by atoms with E-state index in [4.69, 9.17) is 10.1 Å². The van der Waals surface area contributed by atoms with Crippen LogP contribution < -0.4 is 9.80 Å². The van der Waals surface area contributed by atoms with Crippen LogP contribution in [0.25, 0.3) is 5.65 Å². The smallest absolute Gasteiger partial charge is 0.205 e. The maximum absolute atomic E-state index is 4.79. The number of fused-ring (bicyclic) bond motifs is 1. The average Bonchev–Trinajstić information content (AvgIpc) is 3.31. The van der Waals surface area contributed by atoms with Gasteiger partial charge in [-0.05, 0) is 38.8 Å². The van der Waals surface area contributed by atoms with Gasteiger partial charge in [0.2, 0.25) is 5.13 Å². The van der Waals surface area contributed by atoms with Crippen LogP contribution in [-0.4, -0.2) is 50.1 Å². The molecule has 1 saturated heterocycles. The molecule has 7 nitrogen and oxygen atoms in total. The predicted octanol–water partition coefficient (Wildman–Crippen LogP) is 2.40. The molecule has 1 aliphatic carbocycles. The third-order valence-electron chi connectivity index (χ3n) is 5.17. The Bertz CT molecular complexity index is 918. The van der Waals surface area contributed by atoms with E-state index in [1.807, 2.05) is 11.4 Å². The summed E-state index contributed by atoms with van der Waals surface area (Å²) in [5.74, 6) is 2.70. The minimum absolute atomic E-state index is 0.629. The van der Waals surface area contributed by atoms with Crippen LogP contribution in [0.3, 0.4) is 0 Å². The molecule has 0 N–H and O–H groups in total. The molecule has 2 aliphatic rings. The average molecular weight is 355 g/mol. The molecule has 0 amide bonds. The largest absolute Gasteiger partial charge is 0.352 e. The second-order valence-electron chi connectivity index (χ2n) is 6.93. The minimum Gasteiger partial charge on any atom is -0.352 e. The highest BCUT2D eigenvalue weighted by Gasteiger charge is 2.29. The summed E-state index contributed by atoms with van der Waals surface area (Å²) < 4.78 is 6.48. The maximum atomic E-state index is 4.79. The number of imidazole rings is 1. The van der Waals surface area contributed by atoms with Crippen molar-refractivity contribution >= 4 is 28.1 Å². The molecule has 0 bridgehead atoms. The van der Waals surface area contributed by atoms with Crippen molar-refractivity contribution in [1.82, 2.24) is 24.0 Å². The Balaban J connectivity index is 1.31. The molecule has 0 unspecified atom stereocenters. The number of nitrogens with zero attached hydrogens (tertiary/aromatic N) is 7. The van der Waals surface area contributed by atoms with Gasteiger partial charge >= 0.3 is 0 Å². The Morgan fingerprint density at radius 3 is 2.52 bits per heavy atom. The van der Waals surface area contributed by atoms with Gasteiger partial charge in [-0.15, -0.1) is 5.10 Å². The number of hydrogen-bond donors (Lipinski definition) is 0. The van der Waals surface area contributed by atoms with Crippen molar-refractivity contribution in [2.24, 2.45) is 0 Å².